The molecule has 1 unspecified atom stereocenters. The molecule has 1 N–H and O–H groups in total. The van der Waals surface area contributed by atoms with Crippen molar-refractivity contribution in [1.82, 2.24) is 14.8 Å². The highest BCUT2D eigenvalue weighted by Gasteiger charge is 2.18. The van der Waals surface area contributed by atoms with Crippen LogP contribution in [-0.2, 0) is 17.8 Å². The number of hydrogen-bond donors (Lipinski definition) is 1. The summed E-state index contributed by atoms with van der Waals surface area (Å²) >= 11 is 3.17. The average molecular weight is 409 g/mol. The lowest BCUT2D eigenvalue weighted by molar-refractivity contribution is -0.115. The lowest BCUT2D eigenvalue weighted by atomic mass is 10.1. The first-order chi connectivity index (χ1) is 13.7. The number of carbonyl (C=O) groups is 1. The molecule has 0 aliphatic heterocycles. The maximum absolute atomic E-state index is 12.8. The maximum Gasteiger partial charge on any atom is 0.237 e. The molecular weight excluding hydrogens is 388 g/mol. The van der Waals surface area contributed by atoms with Gasteiger partial charge in [0.2, 0.25) is 5.91 Å². The molecular formula is C21H20N4OS2. The Kier molecular flexibility index (Phi) is 5.73. The van der Waals surface area contributed by atoms with Crippen LogP contribution in [0.5, 0.6) is 0 Å². The Morgan fingerprint density at radius 2 is 2.04 bits per heavy atom. The summed E-state index contributed by atoms with van der Waals surface area (Å²) in [5.41, 5.74) is 0.828. The standard InChI is InChI=1S/C21H20N4OS2/c1-15(20(26)23-19-10-4-7-16-6-2-3-9-18(16)19)28-21-24-22-14-25(21)12-11-17-8-5-13-27-17/h2-10,13-15H,11-12H2,1H3,(H,23,26). The molecule has 142 valence electrons. The zero-order valence-electron chi connectivity index (χ0n) is 15.4. The van der Waals surface area contributed by atoms with Crippen LogP contribution in [0.1, 0.15) is 11.8 Å². The van der Waals surface area contributed by atoms with Crippen molar-refractivity contribution in [3.8, 4) is 0 Å². The first kappa shape index (κ1) is 18.7. The number of rotatable bonds is 7. The number of nitrogens with zero attached hydrogens (tertiary/aromatic N) is 3. The molecule has 0 radical (unpaired) electrons. The molecule has 7 heteroatoms. The Labute approximate surface area is 171 Å². The SMILES string of the molecule is CC(Sc1nncn1CCc1cccs1)C(=O)Nc1cccc2ccccc12. The third kappa shape index (κ3) is 4.26. The number of hydrogen-bond acceptors (Lipinski definition) is 5. The topological polar surface area (TPSA) is 59.8 Å². The lowest BCUT2D eigenvalue weighted by Crippen LogP contribution is -2.23. The summed E-state index contributed by atoms with van der Waals surface area (Å²) in [6, 6.07) is 18.1. The van der Waals surface area contributed by atoms with Crippen molar-refractivity contribution >= 4 is 45.5 Å². The molecule has 0 aliphatic rings. The van der Waals surface area contributed by atoms with Gasteiger partial charge in [-0.2, -0.15) is 0 Å². The van der Waals surface area contributed by atoms with Gasteiger partial charge in [-0.3, -0.25) is 4.79 Å². The number of fused-ring (bicyclic) bond motifs is 1. The lowest BCUT2D eigenvalue weighted by Gasteiger charge is -2.13. The molecule has 1 atom stereocenters. The summed E-state index contributed by atoms with van der Waals surface area (Å²) in [5.74, 6) is -0.0471. The van der Waals surface area contributed by atoms with Gasteiger partial charge in [-0.05, 0) is 36.2 Å². The van der Waals surface area contributed by atoms with E-state index in [-0.39, 0.29) is 11.2 Å². The number of aromatic nitrogens is 3. The highest BCUT2D eigenvalue weighted by molar-refractivity contribution is 8.00. The highest BCUT2D eigenvalue weighted by atomic mass is 32.2. The first-order valence-corrected chi connectivity index (χ1v) is 10.8. The Morgan fingerprint density at radius 3 is 2.89 bits per heavy atom. The minimum absolute atomic E-state index is 0.0471. The normalized spacial score (nSPS) is 12.2. The van der Waals surface area contributed by atoms with Crippen LogP contribution >= 0.6 is 23.1 Å². The van der Waals surface area contributed by atoms with Crippen LogP contribution < -0.4 is 5.32 Å². The number of nitrogens with one attached hydrogen (secondary N) is 1. The third-order valence-corrected chi connectivity index (χ3v) is 6.49. The van der Waals surface area contributed by atoms with Crippen molar-refractivity contribution < 1.29 is 4.79 Å². The van der Waals surface area contributed by atoms with Crippen molar-refractivity contribution in [2.75, 3.05) is 5.32 Å². The van der Waals surface area contributed by atoms with E-state index in [0.717, 1.165) is 34.6 Å². The Morgan fingerprint density at radius 1 is 1.18 bits per heavy atom. The zero-order valence-corrected chi connectivity index (χ0v) is 17.0. The molecule has 5 nitrogen and oxygen atoms in total. The molecule has 0 bridgehead atoms. The van der Waals surface area contributed by atoms with E-state index >= 15 is 0 Å². The quantitative estimate of drug-likeness (QED) is 0.444. The Bertz CT molecular complexity index is 1070. The van der Waals surface area contributed by atoms with Crippen LogP contribution in [0.4, 0.5) is 5.69 Å². The number of aryl methyl sites for hydroxylation is 2. The molecule has 0 spiro atoms. The van der Waals surface area contributed by atoms with Crippen LogP contribution in [0, 0.1) is 0 Å². The van der Waals surface area contributed by atoms with Gasteiger partial charge in [-0.1, -0.05) is 54.2 Å². The van der Waals surface area contributed by atoms with Gasteiger partial charge < -0.3 is 9.88 Å². The van der Waals surface area contributed by atoms with E-state index in [2.05, 4.69) is 33.0 Å². The molecule has 0 saturated heterocycles. The summed E-state index contributed by atoms with van der Waals surface area (Å²) in [4.78, 5) is 14.1. The van der Waals surface area contributed by atoms with Gasteiger partial charge in [0.15, 0.2) is 5.16 Å². The molecule has 0 aliphatic carbocycles. The van der Waals surface area contributed by atoms with Crippen LogP contribution in [0.2, 0.25) is 0 Å². The smallest absolute Gasteiger partial charge is 0.237 e. The van der Waals surface area contributed by atoms with Gasteiger partial charge >= 0.3 is 0 Å². The van der Waals surface area contributed by atoms with E-state index < -0.39 is 0 Å². The Balaban J connectivity index is 1.41. The van der Waals surface area contributed by atoms with E-state index in [0.29, 0.717) is 0 Å². The molecule has 2 aromatic carbocycles. The monoisotopic (exact) mass is 408 g/mol. The van der Waals surface area contributed by atoms with Gasteiger partial charge in [0.1, 0.15) is 6.33 Å². The fraction of sp³-hybridized carbons (Fsp3) is 0.190. The number of carbonyl (C=O) groups excluding carboxylic acids is 1. The molecule has 28 heavy (non-hydrogen) atoms. The number of thiophene rings is 1. The molecule has 0 fully saturated rings. The summed E-state index contributed by atoms with van der Waals surface area (Å²) in [5, 5.41) is 16.0. The number of thioether (sulfide) groups is 1. The first-order valence-electron chi connectivity index (χ1n) is 9.06. The van der Waals surface area contributed by atoms with E-state index in [1.165, 1.54) is 16.6 Å². The van der Waals surface area contributed by atoms with Gasteiger partial charge in [-0.15, -0.1) is 21.5 Å². The second kappa shape index (κ2) is 8.58. The third-order valence-electron chi connectivity index (χ3n) is 4.46. The van der Waals surface area contributed by atoms with Crippen LogP contribution in [0.3, 0.4) is 0 Å². The largest absolute Gasteiger partial charge is 0.325 e. The van der Waals surface area contributed by atoms with Crippen molar-refractivity contribution in [3.05, 3.63) is 71.2 Å². The van der Waals surface area contributed by atoms with Gasteiger partial charge in [-0.25, -0.2) is 0 Å². The van der Waals surface area contributed by atoms with Crippen LogP contribution in [-0.4, -0.2) is 25.9 Å². The molecule has 4 rings (SSSR count). The molecule has 1 amide bonds. The van der Waals surface area contributed by atoms with E-state index in [4.69, 9.17) is 0 Å². The fourth-order valence-corrected chi connectivity index (χ4v) is 4.50. The maximum atomic E-state index is 12.8. The predicted molar refractivity (Wildman–Crippen MR) is 116 cm³/mol. The summed E-state index contributed by atoms with van der Waals surface area (Å²) in [7, 11) is 0. The van der Waals surface area contributed by atoms with Gasteiger partial charge in [0.25, 0.3) is 0 Å². The van der Waals surface area contributed by atoms with Crippen molar-refractivity contribution in [2.45, 2.75) is 30.3 Å². The number of benzene rings is 2. The number of amides is 1. The molecule has 0 saturated carbocycles. The van der Waals surface area contributed by atoms with Gasteiger partial charge in [0, 0.05) is 22.5 Å². The molecule has 4 aromatic rings. The van der Waals surface area contributed by atoms with E-state index in [9.17, 15) is 4.79 Å². The molecule has 2 aromatic heterocycles. The van der Waals surface area contributed by atoms with Crippen LogP contribution in [0.15, 0.2) is 71.5 Å². The average Bonchev–Trinajstić information content (AvgIpc) is 3.38. The Hall–Kier alpha value is -2.64. The fourth-order valence-electron chi connectivity index (χ4n) is 2.95. The minimum atomic E-state index is -0.288. The predicted octanol–water partition coefficient (Wildman–Crippen LogP) is 4.85. The van der Waals surface area contributed by atoms with Crippen molar-refractivity contribution in [1.29, 1.82) is 0 Å². The summed E-state index contributed by atoms with van der Waals surface area (Å²) in [6.45, 7) is 2.69. The van der Waals surface area contributed by atoms with Crippen molar-refractivity contribution in [2.24, 2.45) is 0 Å². The molecule has 2 heterocycles. The summed E-state index contributed by atoms with van der Waals surface area (Å²) in [6.07, 6.45) is 2.66. The summed E-state index contributed by atoms with van der Waals surface area (Å²) < 4.78 is 2.01. The van der Waals surface area contributed by atoms with Gasteiger partial charge in [0.05, 0.1) is 5.25 Å². The minimum Gasteiger partial charge on any atom is -0.325 e. The highest BCUT2D eigenvalue weighted by Crippen LogP contribution is 2.26. The van der Waals surface area contributed by atoms with E-state index in [1.54, 1.807) is 17.7 Å². The van der Waals surface area contributed by atoms with Crippen molar-refractivity contribution in [3.63, 3.8) is 0 Å². The zero-order chi connectivity index (χ0) is 19.3. The second-order valence-corrected chi connectivity index (χ2v) is 8.75. The van der Waals surface area contributed by atoms with E-state index in [1.807, 2.05) is 54.0 Å². The number of anilines is 1. The van der Waals surface area contributed by atoms with Crippen LogP contribution in [0.25, 0.3) is 10.8 Å². The second-order valence-electron chi connectivity index (χ2n) is 6.41.